The van der Waals surface area contributed by atoms with Crippen molar-refractivity contribution in [1.82, 2.24) is 0 Å². The van der Waals surface area contributed by atoms with Gasteiger partial charge in [-0.25, -0.2) is 0 Å². The molecule has 1 N–H and O–H groups in total. The molecular weight excluding hydrogens is 208 g/mol. The van der Waals surface area contributed by atoms with Crippen LogP contribution in [0.3, 0.4) is 0 Å². The summed E-state index contributed by atoms with van der Waals surface area (Å²) < 4.78 is 4.98. The summed E-state index contributed by atoms with van der Waals surface area (Å²) in [5.74, 6) is -1.69. The molecule has 1 unspecified atom stereocenters. The van der Waals surface area contributed by atoms with E-state index >= 15 is 0 Å². The molecule has 1 rings (SSSR count). The van der Waals surface area contributed by atoms with Crippen LogP contribution in [0, 0.1) is 0 Å². The van der Waals surface area contributed by atoms with E-state index in [0.717, 1.165) is 0 Å². The number of carboxylic acid groups (broad SMARTS) is 1. The lowest BCUT2D eigenvalue weighted by molar-refractivity contribution is -0.139. The summed E-state index contributed by atoms with van der Waals surface area (Å²) in [6, 6.07) is 6.70. The van der Waals surface area contributed by atoms with Crippen LogP contribution in [0.4, 0.5) is 0 Å². The molecular formula is C12H14O4. The third-order valence-electron chi connectivity index (χ3n) is 2.25. The van der Waals surface area contributed by atoms with Crippen molar-refractivity contribution < 1.29 is 19.4 Å². The quantitative estimate of drug-likeness (QED) is 0.626. The van der Waals surface area contributed by atoms with Gasteiger partial charge in [-0.05, 0) is 12.5 Å². The Morgan fingerprint density at radius 1 is 1.38 bits per heavy atom. The Hall–Kier alpha value is -1.84. The first-order valence-electron chi connectivity index (χ1n) is 5.06. The number of carbonyl (C=O) groups excluding carboxylic acids is 1. The SMILES string of the molecule is CCC(C(=O)O)c1ccccc1OC(C)=O. The number of para-hydroxylation sites is 1. The fourth-order valence-corrected chi connectivity index (χ4v) is 1.54. The normalized spacial score (nSPS) is 11.9. The van der Waals surface area contributed by atoms with Gasteiger partial charge in [0.1, 0.15) is 5.75 Å². The first-order valence-corrected chi connectivity index (χ1v) is 5.06. The van der Waals surface area contributed by atoms with E-state index in [2.05, 4.69) is 0 Å². The molecule has 0 aliphatic heterocycles. The van der Waals surface area contributed by atoms with Crippen LogP contribution in [-0.2, 0) is 9.59 Å². The molecule has 0 fully saturated rings. The average molecular weight is 222 g/mol. The summed E-state index contributed by atoms with van der Waals surface area (Å²) >= 11 is 0. The maximum atomic E-state index is 11.0. The number of ether oxygens (including phenoxy) is 1. The van der Waals surface area contributed by atoms with Gasteiger partial charge in [-0.1, -0.05) is 25.1 Å². The van der Waals surface area contributed by atoms with Gasteiger partial charge >= 0.3 is 11.9 Å². The van der Waals surface area contributed by atoms with Crippen LogP contribution in [0.25, 0.3) is 0 Å². The molecule has 1 aromatic rings. The Kier molecular flexibility index (Phi) is 4.05. The van der Waals surface area contributed by atoms with Gasteiger partial charge in [0.2, 0.25) is 0 Å². The van der Waals surface area contributed by atoms with Crippen molar-refractivity contribution in [2.45, 2.75) is 26.2 Å². The van der Waals surface area contributed by atoms with Crippen molar-refractivity contribution in [2.24, 2.45) is 0 Å². The van der Waals surface area contributed by atoms with Crippen LogP contribution in [0.2, 0.25) is 0 Å². The van der Waals surface area contributed by atoms with Gasteiger partial charge in [0.15, 0.2) is 0 Å². The zero-order valence-corrected chi connectivity index (χ0v) is 9.27. The topological polar surface area (TPSA) is 63.6 Å². The molecule has 4 nitrogen and oxygen atoms in total. The number of carboxylic acids is 1. The zero-order chi connectivity index (χ0) is 12.1. The summed E-state index contributed by atoms with van der Waals surface area (Å²) in [7, 11) is 0. The minimum Gasteiger partial charge on any atom is -0.481 e. The third kappa shape index (κ3) is 2.82. The van der Waals surface area contributed by atoms with Crippen LogP contribution in [0.1, 0.15) is 31.7 Å². The monoisotopic (exact) mass is 222 g/mol. The van der Waals surface area contributed by atoms with Gasteiger partial charge in [-0.2, -0.15) is 0 Å². The van der Waals surface area contributed by atoms with E-state index < -0.39 is 17.9 Å². The number of benzene rings is 1. The van der Waals surface area contributed by atoms with Crippen molar-refractivity contribution in [3.05, 3.63) is 29.8 Å². The highest BCUT2D eigenvalue weighted by atomic mass is 16.5. The highest BCUT2D eigenvalue weighted by molar-refractivity contribution is 5.78. The van der Waals surface area contributed by atoms with E-state index in [-0.39, 0.29) is 0 Å². The smallest absolute Gasteiger partial charge is 0.311 e. The van der Waals surface area contributed by atoms with Gasteiger partial charge in [-0.15, -0.1) is 0 Å². The van der Waals surface area contributed by atoms with Crippen molar-refractivity contribution in [3.8, 4) is 5.75 Å². The first-order chi connectivity index (χ1) is 7.56. The van der Waals surface area contributed by atoms with Crippen molar-refractivity contribution in [2.75, 3.05) is 0 Å². The summed E-state index contributed by atoms with van der Waals surface area (Å²) in [6.45, 7) is 3.07. The number of carbonyl (C=O) groups is 2. The number of hydrogen-bond donors (Lipinski definition) is 1. The van der Waals surface area contributed by atoms with Crippen molar-refractivity contribution in [3.63, 3.8) is 0 Å². The molecule has 1 aromatic carbocycles. The van der Waals surface area contributed by atoms with Crippen molar-refractivity contribution >= 4 is 11.9 Å². The largest absolute Gasteiger partial charge is 0.481 e. The molecule has 0 saturated heterocycles. The lowest BCUT2D eigenvalue weighted by atomic mass is 9.96. The number of esters is 1. The van der Waals surface area contributed by atoms with Gasteiger partial charge < -0.3 is 9.84 Å². The standard InChI is InChI=1S/C12H14O4/c1-3-9(12(14)15)10-6-4-5-7-11(10)16-8(2)13/h4-7,9H,3H2,1-2H3,(H,14,15). The second kappa shape index (κ2) is 5.30. The molecule has 0 aromatic heterocycles. The van der Waals surface area contributed by atoms with Crippen LogP contribution >= 0.6 is 0 Å². The molecule has 0 heterocycles. The Bertz CT molecular complexity index is 398. The Balaban J connectivity index is 3.10. The van der Waals surface area contributed by atoms with E-state index in [0.29, 0.717) is 17.7 Å². The Morgan fingerprint density at radius 3 is 2.50 bits per heavy atom. The molecule has 86 valence electrons. The third-order valence-corrected chi connectivity index (χ3v) is 2.25. The van der Waals surface area contributed by atoms with Gasteiger partial charge in [0.05, 0.1) is 5.92 Å². The van der Waals surface area contributed by atoms with E-state index in [4.69, 9.17) is 9.84 Å². The van der Waals surface area contributed by atoms with E-state index in [1.165, 1.54) is 6.92 Å². The van der Waals surface area contributed by atoms with Crippen LogP contribution in [0.5, 0.6) is 5.75 Å². The van der Waals surface area contributed by atoms with Crippen LogP contribution < -0.4 is 4.74 Å². The van der Waals surface area contributed by atoms with Gasteiger partial charge in [0.25, 0.3) is 0 Å². The maximum absolute atomic E-state index is 11.0. The molecule has 0 spiro atoms. The highest BCUT2D eigenvalue weighted by Crippen LogP contribution is 2.29. The second-order valence-corrected chi connectivity index (χ2v) is 3.43. The molecule has 0 aliphatic rings. The summed E-state index contributed by atoms with van der Waals surface area (Å²) in [5.41, 5.74) is 0.535. The summed E-state index contributed by atoms with van der Waals surface area (Å²) in [6.07, 6.45) is 0.452. The van der Waals surface area contributed by atoms with Crippen molar-refractivity contribution in [1.29, 1.82) is 0 Å². The van der Waals surface area contributed by atoms with E-state index in [1.807, 2.05) is 0 Å². The minimum atomic E-state index is -0.915. The molecule has 1 atom stereocenters. The average Bonchev–Trinajstić information content (AvgIpc) is 2.20. The molecule has 0 aliphatic carbocycles. The number of rotatable bonds is 4. The molecule has 0 saturated carbocycles. The fraction of sp³-hybridized carbons (Fsp3) is 0.333. The van der Waals surface area contributed by atoms with E-state index in [9.17, 15) is 9.59 Å². The van der Waals surface area contributed by atoms with Crippen LogP contribution in [-0.4, -0.2) is 17.0 Å². The fourth-order valence-electron chi connectivity index (χ4n) is 1.54. The second-order valence-electron chi connectivity index (χ2n) is 3.43. The summed E-state index contributed by atoms with van der Waals surface area (Å²) in [4.78, 5) is 21.9. The maximum Gasteiger partial charge on any atom is 0.311 e. The highest BCUT2D eigenvalue weighted by Gasteiger charge is 2.21. The van der Waals surface area contributed by atoms with Gasteiger partial charge in [0, 0.05) is 12.5 Å². The molecule has 0 radical (unpaired) electrons. The minimum absolute atomic E-state index is 0.323. The predicted molar refractivity (Wildman–Crippen MR) is 58.4 cm³/mol. The molecule has 0 amide bonds. The van der Waals surface area contributed by atoms with Crippen LogP contribution in [0.15, 0.2) is 24.3 Å². The zero-order valence-electron chi connectivity index (χ0n) is 9.27. The number of aliphatic carboxylic acids is 1. The lowest BCUT2D eigenvalue weighted by Gasteiger charge is -2.14. The Morgan fingerprint density at radius 2 is 2.00 bits per heavy atom. The van der Waals surface area contributed by atoms with Gasteiger partial charge in [-0.3, -0.25) is 9.59 Å². The number of hydrogen-bond acceptors (Lipinski definition) is 3. The molecule has 0 bridgehead atoms. The molecule has 16 heavy (non-hydrogen) atoms. The summed E-state index contributed by atoms with van der Waals surface area (Å²) in [5, 5.41) is 9.04. The van der Waals surface area contributed by atoms with E-state index in [1.54, 1.807) is 31.2 Å². The Labute approximate surface area is 93.9 Å². The first kappa shape index (κ1) is 12.2. The molecule has 4 heteroatoms. The predicted octanol–water partition coefficient (Wildman–Crippen LogP) is 2.19. The lowest BCUT2D eigenvalue weighted by Crippen LogP contribution is -2.13.